The Kier molecular flexibility index (Phi) is 4.88. The number of anilines is 2. The normalized spacial score (nSPS) is 15.7. The van der Waals surface area contributed by atoms with Crippen LogP contribution in [0.1, 0.15) is 17.3 Å². The SMILES string of the molecule is C[C@@H]1Oc2ccc(NC(=O)CNC(=O)c3ccccc3)cc2N(C)C1=O. The number of carbonyl (C=O) groups excluding carboxylic acids is 3. The van der Waals surface area contributed by atoms with Crippen molar-refractivity contribution >= 4 is 29.1 Å². The van der Waals surface area contributed by atoms with Gasteiger partial charge < -0.3 is 20.3 Å². The molecule has 7 nitrogen and oxygen atoms in total. The highest BCUT2D eigenvalue weighted by Crippen LogP contribution is 2.35. The average Bonchev–Trinajstić information content (AvgIpc) is 2.65. The van der Waals surface area contributed by atoms with Crippen molar-refractivity contribution < 1.29 is 19.1 Å². The molecule has 3 rings (SSSR count). The van der Waals surface area contributed by atoms with Crippen LogP contribution in [0.3, 0.4) is 0 Å². The van der Waals surface area contributed by atoms with E-state index < -0.39 is 6.10 Å². The quantitative estimate of drug-likeness (QED) is 0.877. The van der Waals surface area contributed by atoms with Gasteiger partial charge in [-0.05, 0) is 37.3 Å². The second-order valence-corrected chi connectivity index (χ2v) is 5.94. The van der Waals surface area contributed by atoms with Crippen LogP contribution in [0, 0.1) is 0 Å². The molecule has 1 aliphatic heterocycles. The number of nitrogens with zero attached hydrogens (tertiary/aromatic N) is 1. The van der Waals surface area contributed by atoms with Crippen LogP contribution >= 0.6 is 0 Å². The molecule has 1 aliphatic rings. The molecular formula is C19H19N3O4. The highest BCUT2D eigenvalue weighted by molar-refractivity contribution is 6.02. The van der Waals surface area contributed by atoms with Gasteiger partial charge in [0, 0.05) is 18.3 Å². The summed E-state index contributed by atoms with van der Waals surface area (Å²) in [5.74, 6) is -0.265. The number of nitrogens with one attached hydrogen (secondary N) is 2. The maximum absolute atomic E-state index is 12.1. The molecule has 3 amide bonds. The van der Waals surface area contributed by atoms with Gasteiger partial charge in [0.1, 0.15) is 5.75 Å². The maximum Gasteiger partial charge on any atom is 0.267 e. The summed E-state index contributed by atoms with van der Waals surface area (Å²) in [6.45, 7) is 1.53. The Bertz CT molecular complexity index is 851. The Balaban J connectivity index is 1.62. The summed E-state index contributed by atoms with van der Waals surface area (Å²) in [5, 5.41) is 5.26. The molecule has 0 unspecified atom stereocenters. The predicted molar refractivity (Wildman–Crippen MR) is 97.3 cm³/mol. The first-order valence-corrected chi connectivity index (χ1v) is 8.17. The van der Waals surface area contributed by atoms with E-state index in [1.165, 1.54) is 4.90 Å². The van der Waals surface area contributed by atoms with Crippen LogP contribution in [-0.4, -0.2) is 37.4 Å². The predicted octanol–water partition coefficient (Wildman–Crippen LogP) is 1.80. The summed E-state index contributed by atoms with van der Waals surface area (Å²) in [6, 6.07) is 13.7. The van der Waals surface area contributed by atoms with E-state index in [4.69, 9.17) is 4.74 Å². The lowest BCUT2D eigenvalue weighted by Gasteiger charge is -2.30. The molecule has 0 bridgehead atoms. The van der Waals surface area contributed by atoms with E-state index in [-0.39, 0.29) is 24.3 Å². The van der Waals surface area contributed by atoms with E-state index in [2.05, 4.69) is 10.6 Å². The highest BCUT2D eigenvalue weighted by Gasteiger charge is 2.29. The second kappa shape index (κ2) is 7.26. The zero-order valence-electron chi connectivity index (χ0n) is 14.5. The van der Waals surface area contributed by atoms with Gasteiger partial charge in [0.05, 0.1) is 12.2 Å². The molecule has 0 aromatic heterocycles. The molecule has 1 heterocycles. The van der Waals surface area contributed by atoms with Crippen molar-refractivity contribution in [1.29, 1.82) is 0 Å². The highest BCUT2D eigenvalue weighted by atomic mass is 16.5. The van der Waals surface area contributed by atoms with Crippen molar-refractivity contribution in [3.8, 4) is 5.75 Å². The van der Waals surface area contributed by atoms with Gasteiger partial charge in [-0.15, -0.1) is 0 Å². The molecule has 1 atom stereocenters. The molecule has 0 saturated heterocycles. The van der Waals surface area contributed by atoms with E-state index >= 15 is 0 Å². The molecule has 0 radical (unpaired) electrons. The third-order valence-corrected chi connectivity index (χ3v) is 4.03. The summed E-state index contributed by atoms with van der Waals surface area (Å²) in [4.78, 5) is 37.5. The van der Waals surface area contributed by atoms with E-state index in [0.29, 0.717) is 22.7 Å². The fourth-order valence-electron chi connectivity index (χ4n) is 2.65. The Labute approximate surface area is 150 Å². The number of ether oxygens (including phenoxy) is 1. The fourth-order valence-corrected chi connectivity index (χ4v) is 2.65. The van der Waals surface area contributed by atoms with E-state index in [9.17, 15) is 14.4 Å². The largest absolute Gasteiger partial charge is 0.479 e. The van der Waals surface area contributed by atoms with Crippen molar-refractivity contribution in [3.05, 3.63) is 54.1 Å². The van der Waals surface area contributed by atoms with Gasteiger partial charge in [0.25, 0.3) is 11.8 Å². The molecule has 0 spiro atoms. The first-order chi connectivity index (χ1) is 12.5. The third kappa shape index (κ3) is 3.66. The molecular weight excluding hydrogens is 334 g/mol. The minimum Gasteiger partial charge on any atom is -0.479 e. The number of amides is 3. The number of carbonyl (C=O) groups is 3. The smallest absolute Gasteiger partial charge is 0.267 e. The summed E-state index contributed by atoms with van der Waals surface area (Å²) in [7, 11) is 1.66. The lowest BCUT2D eigenvalue weighted by molar-refractivity contribution is -0.125. The Morgan fingerprint density at radius 2 is 1.88 bits per heavy atom. The molecule has 0 fully saturated rings. The average molecular weight is 353 g/mol. The number of likely N-dealkylation sites (N-methyl/N-ethyl adjacent to an activating group) is 1. The molecule has 2 aromatic carbocycles. The molecule has 134 valence electrons. The first kappa shape index (κ1) is 17.5. The topological polar surface area (TPSA) is 87.7 Å². The van der Waals surface area contributed by atoms with Crippen LogP contribution in [0.2, 0.25) is 0 Å². The summed E-state index contributed by atoms with van der Waals surface area (Å²) < 4.78 is 5.54. The van der Waals surface area contributed by atoms with Gasteiger partial charge >= 0.3 is 0 Å². The number of hydrogen-bond acceptors (Lipinski definition) is 4. The molecule has 26 heavy (non-hydrogen) atoms. The molecule has 0 aliphatic carbocycles. The molecule has 2 N–H and O–H groups in total. The van der Waals surface area contributed by atoms with Crippen LogP contribution in [-0.2, 0) is 9.59 Å². The van der Waals surface area contributed by atoms with Gasteiger partial charge in [-0.2, -0.15) is 0 Å². The van der Waals surface area contributed by atoms with Crippen molar-refractivity contribution in [2.24, 2.45) is 0 Å². The van der Waals surface area contributed by atoms with E-state index in [1.54, 1.807) is 56.4 Å². The van der Waals surface area contributed by atoms with Crippen LogP contribution in [0.5, 0.6) is 5.75 Å². The van der Waals surface area contributed by atoms with Crippen LogP contribution in [0.25, 0.3) is 0 Å². The summed E-state index contributed by atoms with van der Waals surface area (Å²) in [5.41, 5.74) is 1.58. The monoisotopic (exact) mass is 353 g/mol. The lowest BCUT2D eigenvalue weighted by atomic mass is 10.2. The Morgan fingerprint density at radius 1 is 1.15 bits per heavy atom. The van der Waals surface area contributed by atoms with Gasteiger partial charge in [-0.3, -0.25) is 14.4 Å². The first-order valence-electron chi connectivity index (χ1n) is 8.17. The minimum atomic E-state index is -0.541. The van der Waals surface area contributed by atoms with Crippen molar-refractivity contribution in [1.82, 2.24) is 5.32 Å². The Morgan fingerprint density at radius 3 is 2.62 bits per heavy atom. The minimum absolute atomic E-state index is 0.156. The lowest BCUT2D eigenvalue weighted by Crippen LogP contribution is -2.42. The van der Waals surface area contributed by atoms with Gasteiger partial charge in [-0.25, -0.2) is 0 Å². The standard InChI is InChI=1S/C19H19N3O4/c1-12-19(25)22(2)15-10-14(8-9-16(15)26-12)21-17(23)11-20-18(24)13-6-4-3-5-7-13/h3-10,12H,11H2,1-2H3,(H,20,24)(H,21,23)/t12-/m0/s1. The molecule has 2 aromatic rings. The zero-order valence-corrected chi connectivity index (χ0v) is 14.5. The van der Waals surface area contributed by atoms with Crippen LogP contribution in [0.15, 0.2) is 48.5 Å². The number of benzene rings is 2. The molecule has 7 heteroatoms. The number of rotatable bonds is 4. The summed E-state index contributed by atoms with van der Waals surface area (Å²) >= 11 is 0. The second-order valence-electron chi connectivity index (χ2n) is 5.94. The number of fused-ring (bicyclic) bond motifs is 1. The van der Waals surface area contributed by atoms with E-state index in [0.717, 1.165) is 0 Å². The van der Waals surface area contributed by atoms with Crippen LogP contribution in [0.4, 0.5) is 11.4 Å². The Hall–Kier alpha value is -3.35. The van der Waals surface area contributed by atoms with E-state index in [1.807, 2.05) is 6.07 Å². The number of hydrogen-bond donors (Lipinski definition) is 2. The molecule has 0 saturated carbocycles. The van der Waals surface area contributed by atoms with Crippen molar-refractivity contribution in [3.63, 3.8) is 0 Å². The van der Waals surface area contributed by atoms with Crippen molar-refractivity contribution in [2.75, 3.05) is 23.8 Å². The zero-order chi connectivity index (χ0) is 18.7. The summed E-state index contributed by atoms with van der Waals surface area (Å²) in [6.07, 6.45) is -0.541. The van der Waals surface area contributed by atoms with Crippen LogP contribution < -0.4 is 20.3 Å². The fraction of sp³-hybridized carbons (Fsp3) is 0.211. The van der Waals surface area contributed by atoms with Crippen molar-refractivity contribution in [2.45, 2.75) is 13.0 Å². The van der Waals surface area contributed by atoms with Gasteiger partial charge in [-0.1, -0.05) is 18.2 Å². The van der Waals surface area contributed by atoms with Gasteiger partial charge in [0.2, 0.25) is 5.91 Å². The van der Waals surface area contributed by atoms with Gasteiger partial charge in [0.15, 0.2) is 6.10 Å². The third-order valence-electron chi connectivity index (χ3n) is 4.03. The maximum atomic E-state index is 12.1.